The van der Waals surface area contributed by atoms with E-state index >= 15 is 0 Å². The van der Waals surface area contributed by atoms with Crippen molar-refractivity contribution < 1.29 is 14.6 Å². The third-order valence-electron chi connectivity index (χ3n) is 3.98. The van der Waals surface area contributed by atoms with Crippen LogP contribution in [-0.2, 0) is 29.2 Å². The van der Waals surface area contributed by atoms with E-state index in [4.69, 9.17) is 14.6 Å². The molecule has 1 atom stereocenters. The van der Waals surface area contributed by atoms with Crippen molar-refractivity contribution in [1.29, 1.82) is 0 Å². The summed E-state index contributed by atoms with van der Waals surface area (Å²) in [4.78, 5) is 2.48. The van der Waals surface area contributed by atoms with Gasteiger partial charge in [-0.2, -0.15) is 0 Å². The van der Waals surface area contributed by atoms with Crippen LogP contribution in [-0.4, -0.2) is 64.0 Å². The van der Waals surface area contributed by atoms with E-state index in [1.54, 1.807) is 0 Å². The summed E-state index contributed by atoms with van der Waals surface area (Å²) in [5.74, 6) is 0. The van der Waals surface area contributed by atoms with Crippen LogP contribution in [0.2, 0.25) is 0 Å². The topological polar surface area (TPSA) is 72.6 Å². The molecule has 3 rings (SSSR count). The van der Waals surface area contributed by atoms with E-state index in [1.807, 2.05) is 4.68 Å². The summed E-state index contributed by atoms with van der Waals surface area (Å²) in [6.45, 7) is 5.34. The molecule has 112 valence electrons. The Labute approximate surface area is 118 Å². The minimum absolute atomic E-state index is 0.0367. The van der Waals surface area contributed by atoms with Crippen molar-refractivity contribution in [2.24, 2.45) is 0 Å². The molecule has 2 aliphatic rings. The van der Waals surface area contributed by atoms with Crippen molar-refractivity contribution in [3.63, 3.8) is 0 Å². The lowest BCUT2D eigenvalue weighted by molar-refractivity contribution is 0.0784. The number of rotatable bonds is 5. The Morgan fingerprint density at radius 2 is 2.35 bits per heavy atom. The second-order valence-corrected chi connectivity index (χ2v) is 5.32. The summed E-state index contributed by atoms with van der Waals surface area (Å²) >= 11 is 0. The molecule has 1 aromatic heterocycles. The lowest BCUT2D eigenvalue weighted by Crippen LogP contribution is -2.35. The van der Waals surface area contributed by atoms with Gasteiger partial charge in [0.2, 0.25) is 0 Å². The number of fused-ring (bicyclic) bond motifs is 1. The molecule has 0 aromatic carbocycles. The molecule has 0 bridgehead atoms. The van der Waals surface area contributed by atoms with Gasteiger partial charge in [0.1, 0.15) is 5.69 Å². The molecule has 20 heavy (non-hydrogen) atoms. The Bertz CT molecular complexity index is 431. The van der Waals surface area contributed by atoms with Gasteiger partial charge in [-0.3, -0.25) is 4.90 Å². The van der Waals surface area contributed by atoms with Crippen molar-refractivity contribution in [1.82, 2.24) is 19.9 Å². The van der Waals surface area contributed by atoms with Crippen molar-refractivity contribution in [2.75, 3.05) is 33.0 Å². The minimum atomic E-state index is 0.0367. The van der Waals surface area contributed by atoms with Crippen molar-refractivity contribution in [3.05, 3.63) is 11.4 Å². The van der Waals surface area contributed by atoms with Gasteiger partial charge < -0.3 is 14.6 Å². The largest absolute Gasteiger partial charge is 0.394 e. The highest BCUT2D eigenvalue weighted by Crippen LogP contribution is 2.21. The average Bonchev–Trinajstić information content (AvgIpc) is 3.06. The van der Waals surface area contributed by atoms with Crippen LogP contribution in [0.5, 0.6) is 0 Å². The number of aryl methyl sites for hydroxylation is 1. The summed E-state index contributed by atoms with van der Waals surface area (Å²) in [5, 5.41) is 17.2. The van der Waals surface area contributed by atoms with Crippen LogP contribution in [0, 0.1) is 0 Å². The number of aromatic nitrogens is 3. The quantitative estimate of drug-likeness (QED) is 0.753. The maximum atomic E-state index is 8.78. The zero-order valence-electron chi connectivity index (χ0n) is 11.7. The van der Waals surface area contributed by atoms with Crippen LogP contribution in [0.1, 0.15) is 24.2 Å². The van der Waals surface area contributed by atoms with E-state index in [0.29, 0.717) is 19.3 Å². The van der Waals surface area contributed by atoms with Crippen LogP contribution in [0.4, 0.5) is 0 Å². The van der Waals surface area contributed by atoms with E-state index in [-0.39, 0.29) is 6.61 Å². The molecule has 0 spiro atoms. The van der Waals surface area contributed by atoms with E-state index < -0.39 is 0 Å². The first-order valence-corrected chi connectivity index (χ1v) is 7.30. The van der Waals surface area contributed by atoms with Crippen molar-refractivity contribution in [3.8, 4) is 0 Å². The first-order valence-electron chi connectivity index (χ1n) is 7.30. The van der Waals surface area contributed by atoms with Gasteiger partial charge >= 0.3 is 0 Å². The molecule has 1 aromatic rings. The normalized spacial score (nSPS) is 23.8. The van der Waals surface area contributed by atoms with Crippen LogP contribution >= 0.6 is 0 Å². The summed E-state index contributed by atoms with van der Waals surface area (Å²) in [6, 6.07) is 0.516. The molecule has 1 unspecified atom stereocenters. The molecule has 1 saturated heterocycles. The predicted molar refractivity (Wildman–Crippen MR) is 71.0 cm³/mol. The summed E-state index contributed by atoms with van der Waals surface area (Å²) in [7, 11) is 0. The maximum Gasteiger partial charge on any atom is 0.113 e. The Morgan fingerprint density at radius 3 is 3.15 bits per heavy atom. The van der Waals surface area contributed by atoms with Gasteiger partial charge in [-0.1, -0.05) is 5.21 Å². The standard InChI is InChI=1S/C13H22N4O3/c18-5-7-20-10-12-13-8-16(11-2-6-19-9-11)3-1-4-17(13)15-14-12/h11,18H,1-10H2. The molecular weight excluding hydrogens is 260 g/mol. The number of nitrogens with zero attached hydrogens (tertiary/aromatic N) is 4. The fourth-order valence-corrected chi connectivity index (χ4v) is 2.88. The van der Waals surface area contributed by atoms with Crippen molar-refractivity contribution in [2.45, 2.75) is 38.6 Å². The van der Waals surface area contributed by atoms with Crippen LogP contribution in [0.25, 0.3) is 0 Å². The van der Waals surface area contributed by atoms with Gasteiger partial charge in [0, 0.05) is 32.3 Å². The van der Waals surface area contributed by atoms with E-state index in [2.05, 4.69) is 15.2 Å². The third-order valence-corrected chi connectivity index (χ3v) is 3.98. The van der Waals surface area contributed by atoms with Gasteiger partial charge in [0.15, 0.2) is 0 Å². The molecule has 2 aliphatic heterocycles. The molecule has 1 fully saturated rings. The highest BCUT2D eigenvalue weighted by molar-refractivity contribution is 5.10. The summed E-state index contributed by atoms with van der Waals surface area (Å²) < 4.78 is 12.9. The van der Waals surface area contributed by atoms with Crippen LogP contribution in [0.3, 0.4) is 0 Å². The van der Waals surface area contributed by atoms with Gasteiger partial charge in [-0.15, -0.1) is 5.10 Å². The van der Waals surface area contributed by atoms with E-state index in [0.717, 1.165) is 57.1 Å². The highest BCUT2D eigenvalue weighted by Gasteiger charge is 2.27. The van der Waals surface area contributed by atoms with Crippen molar-refractivity contribution >= 4 is 0 Å². The molecule has 0 amide bonds. The first kappa shape index (κ1) is 13.9. The number of aliphatic hydroxyl groups excluding tert-OH is 1. The first-order chi connectivity index (χ1) is 9.88. The smallest absolute Gasteiger partial charge is 0.113 e. The zero-order chi connectivity index (χ0) is 13.8. The summed E-state index contributed by atoms with van der Waals surface area (Å²) in [6.07, 6.45) is 2.20. The van der Waals surface area contributed by atoms with Crippen LogP contribution < -0.4 is 0 Å². The number of hydrogen-bond donors (Lipinski definition) is 1. The Hall–Kier alpha value is -1.02. The monoisotopic (exact) mass is 282 g/mol. The van der Waals surface area contributed by atoms with Gasteiger partial charge in [-0.25, -0.2) is 4.68 Å². The maximum absolute atomic E-state index is 8.78. The van der Waals surface area contributed by atoms with E-state index in [1.165, 1.54) is 0 Å². The second-order valence-electron chi connectivity index (χ2n) is 5.32. The fraction of sp³-hybridized carbons (Fsp3) is 0.846. The Kier molecular flexibility index (Phi) is 4.62. The third kappa shape index (κ3) is 3.01. The van der Waals surface area contributed by atoms with Crippen LogP contribution in [0.15, 0.2) is 0 Å². The second kappa shape index (κ2) is 6.62. The van der Waals surface area contributed by atoms with Gasteiger partial charge in [0.05, 0.1) is 32.1 Å². The molecule has 3 heterocycles. The van der Waals surface area contributed by atoms with Gasteiger partial charge in [0.25, 0.3) is 0 Å². The van der Waals surface area contributed by atoms with E-state index in [9.17, 15) is 0 Å². The fourth-order valence-electron chi connectivity index (χ4n) is 2.88. The molecule has 7 nitrogen and oxygen atoms in total. The molecule has 1 N–H and O–H groups in total. The molecule has 7 heteroatoms. The predicted octanol–water partition coefficient (Wildman–Crippen LogP) is -0.218. The lowest BCUT2D eigenvalue weighted by Gasteiger charge is -2.25. The number of ether oxygens (including phenoxy) is 2. The molecule has 0 aliphatic carbocycles. The zero-order valence-corrected chi connectivity index (χ0v) is 11.7. The molecule has 0 saturated carbocycles. The molecule has 0 radical (unpaired) electrons. The molecular formula is C13H22N4O3. The lowest BCUT2D eigenvalue weighted by atomic mass is 10.2. The number of aliphatic hydroxyl groups is 1. The van der Waals surface area contributed by atoms with Gasteiger partial charge in [-0.05, 0) is 12.8 Å². The Balaban J connectivity index is 1.70. The average molecular weight is 282 g/mol. The Morgan fingerprint density at radius 1 is 1.40 bits per heavy atom. The minimum Gasteiger partial charge on any atom is -0.394 e. The highest BCUT2D eigenvalue weighted by atomic mass is 16.5. The number of hydrogen-bond acceptors (Lipinski definition) is 6. The SMILES string of the molecule is OCCOCc1nnn2c1CN(C1CCOC1)CCC2. The summed E-state index contributed by atoms with van der Waals surface area (Å²) in [5.41, 5.74) is 2.04.